The van der Waals surface area contributed by atoms with Gasteiger partial charge in [-0.15, -0.1) is 0 Å². The van der Waals surface area contributed by atoms with Crippen molar-refractivity contribution in [2.75, 3.05) is 0 Å². The van der Waals surface area contributed by atoms with E-state index in [1.54, 1.807) is 31.5 Å². The van der Waals surface area contributed by atoms with Gasteiger partial charge < -0.3 is 9.90 Å². The minimum atomic E-state index is -1.25. The Balaban J connectivity index is 0.000000457. The third kappa shape index (κ3) is 13.9. The van der Waals surface area contributed by atoms with E-state index >= 15 is 0 Å². The van der Waals surface area contributed by atoms with E-state index in [-0.39, 0.29) is 5.56 Å². The first-order valence-electron chi connectivity index (χ1n) is 16.0. The Bertz CT molecular complexity index is 816. The van der Waals surface area contributed by atoms with Crippen LogP contribution in [-0.4, -0.2) is 25.7 Å². The van der Waals surface area contributed by atoms with E-state index in [0.29, 0.717) is 0 Å². The normalized spacial score (nSPS) is 13.4. The summed E-state index contributed by atoms with van der Waals surface area (Å²) in [5, 5.41) is 12.4. The van der Waals surface area contributed by atoms with Crippen molar-refractivity contribution >= 4 is 36.5 Å². The molecule has 3 unspecified atom stereocenters. The molecule has 0 aromatic heterocycles. The van der Waals surface area contributed by atoms with Gasteiger partial charge in [0.15, 0.2) is 0 Å². The van der Waals surface area contributed by atoms with E-state index < -0.39 is 25.7 Å². The maximum absolute atomic E-state index is 10.7. The van der Waals surface area contributed by atoms with Gasteiger partial charge in [0.25, 0.3) is 0 Å². The van der Waals surface area contributed by atoms with Crippen LogP contribution in [0.3, 0.4) is 0 Å². The average Bonchev–Trinajstić information content (AvgIpc) is 2.94. The second-order valence-electron chi connectivity index (χ2n) is 11.4. The Morgan fingerprint density at radius 1 is 0.658 bits per heavy atom. The molecule has 0 saturated heterocycles. The fraction of sp³-hybridized carbons (Fsp3) is 0.686. The molecule has 38 heavy (non-hydrogen) atoms. The van der Waals surface area contributed by atoms with Crippen molar-refractivity contribution in [1.82, 2.24) is 0 Å². The molecule has 0 bridgehead atoms. The molecule has 3 atom stereocenters. The molecule has 0 fully saturated rings. The van der Waals surface area contributed by atoms with Gasteiger partial charge in [-0.3, -0.25) is 0 Å². The van der Waals surface area contributed by atoms with Crippen molar-refractivity contribution in [2.45, 2.75) is 132 Å². The number of fused-ring (bicyclic) bond motifs is 1. The van der Waals surface area contributed by atoms with Crippen molar-refractivity contribution in [2.24, 2.45) is 17.8 Å². The third-order valence-electron chi connectivity index (χ3n) is 8.37. The molecule has 3 heteroatoms. The molecule has 214 valence electrons. The summed E-state index contributed by atoms with van der Waals surface area (Å²) in [6.45, 7) is 14.5. The second kappa shape index (κ2) is 21.8. The molecule has 0 aliphatic rings. The Morgan fingerprint density at radius 3 is 1.47 bits per heavy atom. The molecular formula is C35H58O2Sn. The molecule has 0 heterocycles. The van der Waals surface area contributed by atoms with Crippen LogP contribution < -0.4 is 5.11 Å². The number of carboxylic acid groups (broad SMARTS) is 1. The van der Waals surface area contributed by atoms with Gasteiger partial charge in [-0.2, -0.15) is 0 Å². The van der Waals surface area contributed by atoms with Crippen LogP contribution in [0.15, 0.2) is 42.5 Å². The summed E-state index contributed by atoms with van der Waals surface area (Å²) in [6, 6.07) is 12.5. The van der Waals surface area contributed by atoms with Gasteiger partial charge in [0.05, 0.1) is 5.97 Å². The summed E-state index contributed by atoms with van der Waals surface area (Å²) in [5.74, 6) is 2.09. The number of carboxylic acids is 1. The number of unbranched alkanes of at least 4 members (excludes halogenated alkanes) is 3. The van der Waals surface area contributed by atoms with E-state index in [2.05, 4.69) is 41.5 Å². The van der Waals surface area contributed by atoms with Crippen molar-refractivity contribution in [3.05, 3.63) is 48.0 Å². The van der Waals surface area contributed by atoms with Crippen LogP contribution in [0.5, 0.6) is 0 Å². The van der Waals surface area contributed by atoms with Gasteiger partial charge in [-0.25, -0.2) is 0 Å². The maximum Gasteiger partial charge on any atom is 0.0721 e. The van der Waals surface area contributed by atoms with Gasteiger partial charge in [0, 0.05) is 5.56 Å². The van der Waals surface area contributed by atoms with Gasteiger partial charge in [-0.1, -0.05) is 42.5 Å². The minimum absolute atomic E-state index is 0.248. The van der Waals surface area contributed by atoms with Crippen LogP contribution in [0.4, 0.5) is 0 Å². The number of aromatic carboxylic acids is 1. The first-order valence-corrected chi connectivity index (χ1v) is 22.0. The molecule has 0 saturated carbocycles. The Morgan fingerprint density at radius 2 is 1.08 bits per heavy atom. The molecule has 2 aromatic rings. The first-order chi connectivity index (χ1) is 18.4. The van der Waals surface area contributed by atoms with Crippen LogP contribution in [0.2, 0.25) is 13.3 Å². The van der Waals surface area contributed by atoms with E-state index in [1.165, 1.54) is 77.0 Å². The molecular weight excluding hydrogens is 571 g/mol. The quantitative estimate of drug-likeness (QED) is 0.145. The zero-order valence-corrected chi connectivity index (χ0v) is 28.6. The Kier molecular flexibility index (Phi) is 20.0. The molecule has 0 spiro atoms. The van der Waals surface area contributed by atoms with Crippen LogP contribution >= 0.6 is 0 Å². The van der Waals surface area contributed by atoms with E-state index in [4.69, 9.17) is 0 Å². The summed E-state index contributed by atoms with van der Waals surface area (Å²) in [4.78, 5) is 10.7. The Hall–Kier alpha value is -1.03. The summed E-state index contributed by atoms with van der Waals surface area (Å²) < 4.78 is 5.14. The predicted octanol–water partition coefficient (Wildman–Crippen LogP) is 10.3. The van der Waals surface area contributed by atoms with Gasteiger partial charge in [-0.05, 0) is 10.8 Å². The largest absolute Gasteiger partial charge is 0.545 e. The fourth-order valence-electron chi connectivity index (χ4n) is 5.71. The second-order valence-corrected chi connectivity index (χ2v) is 19.2. The van der Waals surface area contributed by atoms with Crippen molar-refractivity contribution < 1.29 is 9.90 Å². The molecule has 0 radical (unpaired) electrons. The fourth-order valence-corrected chi connectivity index (χ4v) is 18.3. The zero-order chi connectivity index (χ0) is 28.2. The molecule has 2 aromatic carbocycles. The third-order valence-corrected chi connectivity index (χ3v) is 18.3. The first kappa shape index (κ1) is 35.0. The van der Waals surface area contributed by atoms with E-state index in [1.807, 2.05) is 24.3 Å². The van der Waals surface area contributed by atoms with Crippen LogP contribution in [0, 0.1) is 17.8 Å². The summed E-state index contributed by atoms with van der Waals surface area (Å²) in [6.07, 6.45) is 17.5. The van der Waals surface area contributed by atoms with Crippen LogP contribution in [-0.2, 0) is 0 Å². The number of carbonyl (C=O) groups is 1. The molecule has 0 amide bonds. The average molecular weight is 630 g/mol. The monoisotopic (exact) mass is 630 g/mol. The Labute approximate surface area is 243 Å². The van der Waals surface area contributed by atoms with E-state index in [9.17, 15) is 9.90 Å². The standard InChI is InChI=1S/C11H8O2.3C8H17.Sn/c12-11(13)10-7-3-5-8-4-1-2-6-9(8)10;3*1-4-6-7-8(3)5-2;/h1-7H,(H,12,13);3*8H,3-7H2,1-2H3;/q;;;;+1/p-1. The SMILES string of the molecule is CCCCC(CC)[CH2][Sn+]([CH2]C(CC)CCCC)[CH2]C(CC)CCCC.O=C([O-])c1cccc2ccccc12. The maximum atomic E-state index is 10.7. The van der Waals surface area contributed by atoms with Gasteiger partial charge in [0.2, 0.25) is 0 Å². The van der Waals surface area contributed by atoms with Crippen LogP contribution in [0.1, 0.15) is 129 Å². The molecule has 0 aliphatic heterocycles. The molecule has 2 rings (SSSR count). The summed E-state index contributed by atoms with van der Waals surface area (Å²) >= 11 is -1.25. The number of benzene rings is 2. The summed E-state index contributed by atoms with van der Waals surface area (Å²) in [5.41, 5.74) is 0.248. The minimum Gasteiger partial charge on any atom is -0.545 e. The van der Waals surface area contributed by atoms with Crippen molar-refractivity contribution in [3.63, 3.8) is 0 Å². The topological polar surface area (TPSA) is 40.1 Å². The number of carbonyl (C=O) groups excluding carboxylic acids is 1. The molecule has 0 aliphatic carbocycles. The zero-order valence-electron chi connectivity index (χ0n) is 25.7. The van der Waals surface area contributed by atoms with Crippen molar-refractivity contribution in [1.29, 1.82) is 0 Å². The number of rotatable bonds is 19. The molecule has 2 nitrogen and oxygen atoms in total. The van der Waals surface area contributed by atoms with Gasteiger partial charge >= 0.3 is 169 Å². The number of hydrogen-bond donors (Lipinski definition) is 0. The van der Waals surface area contributed by atoms with Gasteiger partial charge in [0.1, 0.15) is 0 Å². The van der Waals surface area contributed by atoms with Crippen molar-refractivity contribution in [3.8, 4) is 0 Å². The number of hydrogen-bond acceptors (Lipinski definition) is 2. The predicted molar refractivity (Wildman–Crippen MR) is 168 cm³/mol. The summed E-state index contributed by atoms with van der Waals surface area (Å²) in [7, 11) is 0. The smallest absolute Gasteiger partial charge is 0.0721 e. The van der Waals surface area contributed by atoms with E-state index in [0.717, 1.165) is 28.5 Å². The molecule has 0 N–H and O–H groups in total. The van der Waals surface area contributed by atoms with Crippen LogP contribution in [0.25, 0.3) is 10.8 Å².